The summed E-state index contributed by atoms with van der Waals surface area (Å²) in [6.07, 6.45) is 4.26. The number of aromatic nitrogens is 1. The number of aryl methyl sites for hydroxylation is 1. The molecule has 1 aliphatic rings. The van der Waals surface area contributed by atoms with Crippen molar-refractivity contribution in [3.05, 3.63) is 29.6 Å². The Morgan fingerprint density at radius 3 is 3.18 bits per heavy atom. The van der Waals surface area contributed by atoms with Gasteiger partial charge in [-0.15, -0.1) is 5.56 Å². The van der Waals surface area contributed by atoms with E-state index in [1.54, 1.807) is 0 Å². The Morgan fingerprint density at radius 2 is 2.45 bits per heavy atom. The second-order valence-corrected chi connectivity index (χ2v) is 2.89. The molecular formula is C9H10NW-. The van der Waals surface area contributed by atoms with Gasteiger partial charge in [0.2, 0.25) is 0 Å². The molecule has 0 bridgehead atoms. The normalized spacial score (nSPS) is 20.6. The van der Waals surface area contributed by atoms with Gasteiger partial charge in [-0.2, -0.15) is 12.1 Å². The third-order valence-electron chi connectivity index (χ3n) is 2.15. The summed E-state index contributed by atoms with van der Waals surface area (Å²) < 4.78 is 0. The van der Waals surface area contributed by atoms with Gasteiger partial charge in [0.25, 0.3) is 0 Å². The van der Waals surface area contributed by atoms with E-state index in [0.717, 1.165) is 0 Å². The van der Waals surface area contributed by atoms with Gasteiger partial charge >= 0.3 is 0 Å². The summed E-state index contributed by atoms with van der Waals surface area (Å²) in [6, 6.07) is 5.12. The fourth-order valence-corrected chi connectivity index (χ4v) is 1.53. The molecule has 11 heavy (non-hydrogen) atoms. The maximum absolute atomic E-state index is 4.31. The van der Waals surface area contributed by atoms with E-state index in [0.29, 0.717) is 5.92 Å². The molecule has 1 heterocycles. The molecule has 1 nitrogen and oxygen atoms in total. The summed E-state index contributed by atoms with van der Waals surface area (Å²) in [6.45, 7) is 2.23. The zero-order valence-corrected chi connectivity index (χ0v) is 9.44. The van der Waals surface area contributed by atoms with Crippen LogP contribution in [-0.2, 0) is 27.5 Å². The molecule has 0 spiro atoms. The van der Waals surface area contributed by atoms with Gasteiger partial charge in [0.1, 0.15) is 0 Å². The number of hydrogen-bond acceptors (Lipinski definition) is 1. The SMILES string of the molecule is CC1CCc2[c-]ccnc21.[W]. The number of hydrogen-bond donors (Lipinski definition) is 0. The fraction of sp³-hybridized carbons (Fsp3) is 0.444. The van der Waals surface area contributed by atoms with Crippen LogP contribution in [0.3, 0.4) is 0 Å². The van der Waals surface area contributed by atoms with Crippen molar-refractivity contribution in [2.45, 2.75) is 25.7 Å². The Hall–Kier alpha value is -0.162. The van der Waals surface area contributed by atoms with E-state index in [4.69, 9.17) is 0 Å². The third-order valence-corrected chi connectivity index (χ3v) is 2.15. The second kappa shape index (κ2) is 3.49. The first-order chi connectivity index (χ1) is 4.88. The monoisotopic (exact) mass is 316 g/mol. The molecule has 1 aromatic heterocycles. The smallest absolute Gasteiger partial charge is 0 e. The molecule has 0 amide bonds. The molecule has 1 aromatic rings. The van der Waals surface area contributed by atoms with Gasteiger partial charge in [0.15, 0.2) is 0 Å². The maximum atomic E-state index is 4.31. The third kappa shape index (κ3) is 1.54. The maximum Gasteiger partial charge on any atom is 0 e. The van der Waals surface area contributed by atoms with Crippen molar-refractivity contribution < 1.29 is 21.1 Å². The molecule has 0 saturated heterocycles. The topological polar surface area (TPSA) is 12.9 Å². The van der Waals surface area contributed by atoms with Crippen molar-refractivity contribution in [3.63, 3.8) is 0 Å². The van der Waals surface area contributed by atoms with Gasteiger partial charge in [0, 0.05) is 21.1 Å². The van der Waals surface area contributed by atoms with Crippen LogP contribution in [0.25, 0.3) is 0 Å². The minimum Gasteiger partial charge on any atom is -0.387 e. The fourth-order valence-electron chi connectivity index (χ4n) is 1.53. The molecule has 2 heteroatoms. The quantitative estimate of drug-likeness (QED) is 0.667. The van der Waals surface area contributed by atoms with Gasteiger partial charge in [-0.25, -0.2) is 0 Å². The Balaban J connectivity index is 0.000000605. The molecule has 0 saturated carbocycles. The minimum absolute atomic E-state index is 0. The van der Waals surface area contributed by atoms with Crippen molar-refractivity contribution in [3.8, 4) is 0 Å². The second-order valence-electron chi connectivity index (χ2n) is 2.89. The Kier molecular flexibility index (Phi) is 2.83. The van der Waals surface area contributed by atoms with Crippen molar-refractivity contribution in [1.82, 2.24) is 4.98 Å². The predicted octanol–water partition coefficient (Wildman–Crippen LogP) is 1.93. The van der Waals surface area contributed by atoms with E-state index in [1.165, 1.54) is 24.1 Å². The van der Waals surface area contributed by atoms with E-state index >= 15 is 0 Å². The average molecular weight is 316 g/mol. The Morgan fingerprint density at radius 1 is 1.64 bits per heavy atom. The molecule has 0 aliphatic heterocycles. The summed E-state index contributed by atoms with van der Waals surface area (Å²) in [5.41, 5.74) is 2.59. The van der Waals surface area contributed by atoms with E-state index in [9.17, 15) is 0 Å². The molecule has 0 aromatic carbocycles. The van der Waals surface area contributed by atoms with Gasteiger partial charge in [0.05, 0.1) is 0 Å². The zero-order valence-electron chi connectivity index (χ0n) is 6.50. The first-order valence-corrected chi connectivity index (χ1v) is 3.73. The average Bonchev–Trinajstić information content (AvgIpc) is 2.34. The first kappa shape index (κ1) is 8.93. The van der Waals surface area contributed by atoms with Crippen LogP contribution in [-0.4, -0.2) is 4.98 Å². The van der Waals surface area contributed by atoms with E-state index in [-0.39, 0.29) is 21.1 Å². The van der Waals surface area contributed by atoms with Gasteiger partial charge in [-0.3, -0.25) is 0 Å². The van der Waals surface area contributed by atoms with Crippen molar-refractivity contribution >= 4 is 0 Å². The van der Waals surface area contributed by atoms with Crippen LogP contribution in [0.5, 0.6) is 0 Å². The Labute approximate surface area is 81.5 Å². The van der Waals surface area contributed by atoms with Crippen LogP contribution >= 0.6 is 0 Å². The summed E-state index contributed by atoms with van der Waals surface area (Å²) in [5.74, 6) is 0.660. The first-order valence-electron chi connectivity index (χ1n) is 3.73. The number of pyridine rings is 1. The minimum atomic E-state index is 0. The van der Waals surface area contributed by atoms with E-state index in [1.807, 2.05) is 12.3 Å². The number of fused-ring (bicyclic) bond motifs is 1. The summed E-state index contributed by atoms with van der Waals surface area (Å²) in [4.78, 5) is 4.31. The predicted molar refractivity (Wildman–Crippen MR) is 39.8 cm³/mol. The summed E-state index contributed by atoms with van der Waals surface area (Å²) in [5, 5.41) is 0. The molecule has 1 aliphatic carbocycles. The van der Waals surface area contributed by atoms with Crippen LogP contribution in [0, 0.1) is 6.07 Å². The molecule has 2 rings (SSSR count). The molecule has 0 fully saturated rings. The summed E-state index contributed by atoms with van der Waals surface area (Å²) in [7, 11) is 0. The van der Waals surface area contributed by atoms with Crippen LogP contribution in [0.15, 0.2) is 12.3 Å². The largest absolute Gasteiger partial charge is 0.387 e. The van der Waals surface area contributed by atoms with Crippen molar-refractivity contribution in [1.29, 1.82) is 0 Å². The van der Waals surface area contributed by atoms with E-state index < -0.39 is 0 Å². The number of nitrogens with zero attached hydrogens (tertiary/aromatic N) is 1. The van der Waals surface area contributed by atoms with Gasteiger partial charge < -0.3 is 4.98 Å². The zero-order chi connectivity index (χ0) is 6.97. The Bertz CT molecular complexity index is 247. The van der Waals surface area contributed by atoms with Gasteiger partial charge in [-0.1, -0.05) is 25.2 Å². The van der Waals surface area contributed by atoms with E-state index in [2.05, 4.69) is 18.0 Å². The standard InChI is InChI=1S/C9H10N.W/c1-7-4-5-8-3-2-6-10-9(7)8;/h2,6-7H,4-5H2,1H3;/q-1;. The molecule has 1 unspecified atom stereocenters. The number of rotatable bonds is 0. The molecular weight excluding hydrogens is 306 g/mol. The van der Waals surface area contributed by atoms with Crippen LogP contribution in [0.1, 0.15) is 30.5 Å². The van der Waals surface area contributed by atoms with Gasteiger partial charge in [-0.05, 0) is 12.3 Å². The van der Waals surface area contributed by atoms with Crippen LogP contribution in [0.2, 0.25) is 0 Å². The van der Waals surface area contributed by atoms with Crippen molar-refractivity contribution in [2.24, 2.45) is 0 Å². The molecule has 1 atom stereocenters. The van der Waals surface area contributed by atoms with Crippen molar-refractivity contribution in [2.75, 3.05) is 0 Å². The van der Waals surface area contributed by atoms with Crippen LogP contribution in [0.4, 0.5) is 0 Å². The molecule has 58 valence electrons. The van der Waals surface area contributed by atoms with Crippen LogP contribution < -0.4 is 0 Å². The summed E-state index contributed by atoms with van der Waals surface area (Å²) >= 11 is 0. The molecule has 0 radical (unpaired) electrons. The molecule has 0 N–H and O–H groups in total.